The highest BCUT2D eigenvalue weighted by Gasteiger charge is 2.27. The Kier molecular flexibility index (Phi) is 6.44. The highest BCUT2D eigenvalue weighted by Crippen LogP contribution is 2.16. The van der Waals surface area contributed by atoms with E-state index in [1.165, 1.54) is 0 Å². The predicted octanol–water partition coefficient (Wildman–Crippen LogP) is 1.17. The lowest BCUT2D eigenvalue weighted by atomic mass is 10.1. The van der Waals surface area contributed by atoms with Crippen LogP contribution in [0, 0.1) is 0 Å². The lowest BCUT2D eigenvalue weighted by molar-refractivity contribution is -0.156. The molecule has 5 nitrogen and oxygen atoms in total. The molecule has 0 unspecified atom stereocenters. The molecule has 1 aliphatic rings. The molecular formula is C12H18F3NO4. The fraction of sp³-hybridized carbons (Fsp3) is 0.750. The van der Waals surface area contributed by atoms with E-state index in [9.17, 15) is 18.0 Å². The molecule has 0 aliphatic carbocycles. The van der Waals surface area contributed by atoms with E-state index in [4.69, 9.17) is 19.9 Å². The van der Waals surface area contributed by atoms with Crippen LogP contribution in [-0.2, 0) is 19.0 Å². The van der Waals surface area contributed by atoms with Crippen LogP contribution in [0.5, 0.6) is 0 Å². The first-order chi connectivity index (χ1) is 9.29. The number of halogens is 3. The monoisotopic (exact) mass is 297 g/mol. The van der Waals surface area contributed by atoms with Crippen LogP contribution in [0.4, 0.5) is 13.2 Å². The maximum atomic E-state index is 11.9. The molecule has 1 heterocycles. The first-order valence-corrected chi connectivity index (χ1v) is 6.19. The third-order valence-corrected chi connectivity index (χ3v) is 2.69. The van der Waals surface area contributed by atoms with Crippen LogP contribution in [-0.4, -0.2) is 50.2 Å². The van der Waals surface area contributed by atoms with Gasteiger partial charge in [-0.25, -0.2) is 0 Å². The molecule has 0 spiro atoms. The number of carbonyl (C=O) groups excluding carboxylic acids is 1. The van der Waals surface area contributed by atoms with Crippen LogP contribution in [0.3, 0.4) is 0 Å². The summed E-state index contributed by atoms with van der Waals surface area (Å²) >= 11 is 0. The number of alkyl halides is 3. The van der Waals surface area contributed by atoms with Gasteiger partial charge in [-0.05, 0) is 6.92 Å². The Morgan fingerprint density at radius 1 is 1.50 bits per heavy atom. The minimum absolute atomic E-state index is 0.0479. The van der Waals surface area contributed by atoms with E-state index in [1.807, 2.05) is 0 Å². The van der Waals surface area contributed by atoms with Crippen LogP contribution >= 0.6 is 0 Å². The zero-order valence-corrected chi connectivity index (χ0v) is 11.1. The Morgan fingerprint density at radius 3 is 2.85 bits per heavy atom. The van der Waals surface area contributed by atoms with Gasteiger partial charge in [-0.15, -0.1) is 0 Å². The maximum Gasteiger partial charge on any atom is 0.409 e. The Bertz CT molecular complexity index is 346. The summed E-state index contributed by atoms with van der Waals surface area (Å²) in [6, 6.07) is -0.860. The first-order valence-electron chi connectivity index (χ1n) is 6.19. The molecule has 1 aliphatic heterocycles. The number of allylic oxidation sites excluding steroid dienone is 1. The third-order valence-electron chi connectivity index (χ3n) is 2.69. The van der Waals surface area contributed by atoms with Crippen molar-refractivity contribution in [2.24, 2.45) is 5.73 Å². The van der Waals surface area contributed by atoms with Gasteiger partial charge in [0, 0.05) is 19.1 Å². The maximum absolute atomic E-state index is 11.9. The predicted molar refractivity (Wildman–Crippen MR) is 63.9 cm³/mol. The van der Waals surface area contributed by atoms with Gasteiger partial charge in [0.2, 0.25) is 0 Å². The Hall–Kier alpha value is -1.12. The second kappa shape index (κ2) is 7.61. The molecule has 0 aromatic rings. The first kappa shape index (κ1) is 16.9. The second-order valence-corrected chi connectivity index (χ2v) is 4.43. The smallest absolute Gasteiger partial charge is 0.409 e. The van der Waals surface area contributed by atoms with Gasteiger partial charge in [0.15, 0.2) is 0 Å². The fourth-order valence-corrected chi connectivity index (χ4v) is 1.64. The molecule has 2 N–H and O–H groups in total. The summed E-state index contributed by atoms with van der Waals surface area (Å²) in [6.07, 6.45) is -4.13. The third kappa shape index (κ3) is 6.36. The molecule has 1 fully saturated rings. The van der Waals surface area contributed by atoms with Crippen LogP contribution in [0.25, 0.3) is 0 Å². The van der Waals surface area contributed by atoms with Gasteiger partial charge >= 0.3 is 12.1 Å². The molecule has 0 aromatic heterocycles. The zero-order valence-electron chi connectivity index (χ0n) is 11.1. The molecule has 0 saturated carbocycles. The van der Waals surface area contributed by atoms with E-state index in [-0.39, 0.29) is 19.3 Å². The minimum Gasteiger partial charge on any atom is -0.459 e. The van der Waals surface area contributed by atoms with Crippen molar-refractivity contribution >= 4 is 5.97 Å². The summed E-state index contributed by atoms with van der Waals surface area (Å²) in [7, 11) is 0. The van der Waals surface area contributed by atoms with Gasteiger partial charge in [0.1, 0.15) is 12.1 Å². The molecule has 3 atom stereocenters. The largest absolute Gasteiger partial charge is 0.459 e. The summed E-state index contributed by atoms with van der Waals surface area (Å²) in [5.41, 5.74) is 5.52. The summed E-state index contributed by atoms with van der Waals surface area (Å²) in [6.45, 7) is 1.72. The van der Waals surface area contributed by atoms with Crippen LogP contribution in [0.1, 0.15) is 13.3 Å². The van der Waals surface area contributed by atoms with E-state index in [1.54, 1.807) is 6.92 Å². The second-order valence-electron chi connectivity index (χ2n) is 4.43. The number of cyclic esters (lactones) is 1. The Labute approximate surface area is 114 Å². The highest BCUT2D eigenvalue weighted by atomic mass is 19.4. The molecule has 0 bridgehead atoms. The van der Waals surface area contributed by atoms with Crippen molar-refractivity contribution in [1.82, 2.24) is 0 Å². The molecule has 20 heavy (non-hydrogen) atoms. The summed E-state index contributed by atoms with van der Waals surface area (Å²) in [5.74, 6) is -0.612. The van der Waals surface area contributed by atoms with Gasteiger partial charge in [0.05, 0.1) is 19.3 Å². The van der Waals surface area contributed by atoms with Gasteiger partial charge in [0.25, 0.3) is 0 Å². The molecular weight excluding hydrogens is 279 g/mol. The van der Waals surface area contributed by atoms with Crippen LogP contribution in [0.15, 0.2) is 12.2 Å². The number of esters is 1. The number of carbonyl (C=O) groups is 1. The van der Waals surface area contributed by atoms with E-state index < -0.39 is 30.4 Å². The van der Waals surface area contributed by atoms with Crippen LogP contribution < -0.4 is 5.73 Å². The lowest BCUT2D eigenvalue weighted by Crippen LogP contribution is -2.39. The van der Waals surface area contributed by atoms with Crippen molar-refractivity contribution in [3.05, 3.63) is 12.2 Å². The quantitative estimate of drug-likeness (QED) is 0.625. The molecule has 8 heteroatoms. The topological polar surface area (TPSA) is 70.8 Å². The average Bonchev–Trinajstić information content (AvgIpc) is 2.39. The minimum atomic E-state index is -4.37. The number of nitrogens with two attached hydrogens (primary N) is 1. The number of hydrogen-bond acceptors (Lipinski definition) is 5. The number of hydrogen-bond donors (Lipinski definition) is 1. The van der Waals surface area contributed by atoms with Crippen molar-refractivity contribution < 1.29 is 32.2 Å². The van der Waals surface area contributed by atoms with Crippen molar-refractivity contribution in [3.8, 4) is 0 Å². The van der Waals surface area contributed by atoms with E-state index in [0.717, 1.165) is 6.08 Å². The zero-order chi connectivity index (χ0) is 15.2. The summed E-state index contributed by atoms with van der Waals surface area (Å²) in [5, 5.41) is 0. The van der Waals surface area contributed by atoms with E-state index in [2.05, 4.69) is 0 Å². The SMILES string of the molecule is C[C@@H]1OC(=O)[C@@H](N)COCC[C@H]1OC/C=C/C(F)(F)F. The highest BCUT2D eigenvalue weighted by molar-refractivity contribution is 5.75. The van der Waals surface area contributed by atoms with Crippen molar-refractivity contribution in [2.45, 2.75) is 37.8 Å². The summed E-state index contributed by atoms with van der Waals surface area (Å²) in [4.78, 5) is 11.5. The number of ether oxygens (including phenoxy) is 3. The molecule has 0 aromatic carbocycles. The number of rotatable bonds is 3. The van der Waals surface area contributed by atoms with E-state index in [0.29, 0.717) is 13.0 Å². The molecule has 1 saturated heterocycles. The van der Waals surface area contributed by atoms with E-state index >= 15 is 0 Å². The lowest BCUT2D eigenvalue weighted by Gasteiger charge is -2.23. The average molecular weight is 297 g/mol. The standard InChI is InChI=1S/C12H18F3NO4/c1-8-10(19-5-2-4-12(13,14)15)3-6-18-7-9(16)11(17)20-8/h2,4,8-10H,3,5-7,16H2,1H3/b4-2+/t8-,9-,10+/m0/s1. The van der Waals surface area contributed by atoms with Crippen molar-refractivity contribution in [2.75, 3.05) is 19.8 Å². The molecule has 1 rings (SSSR count). The van der Waals surface area contributed by atoms with Gasteiger partial charge in [-0.3, -0.25) is 4.79 Å². The molecule has 0 amide bonds. The Balaban J connectivity index is 2.50. The van der Waals surface area contributed by atoms with Gasteiger partial charge < -0.3 is 19.9 Å². The molecule has 0 radical (unpaired) electrons. The van der Waals surface area contributed by atoms with Crippen LogP contribution in [0.2, 0.25) is 0 Å². The molecule has 116 valence electrons. The van der Waals surface area contributed by atoms with Crippen molar-refractivity contribution in [1.29, 1.82) is 0 Å². The fourth-order valence-electron chi connectivity index (χ4n) is 1.64. The summed E-state index contributed by atoms with van der Waals surface area (Å²) < 4.78 is 51.3. The van der Waals surface area contributed by atoms with Crippen molar-refractivity contribution in [3.63, 3.8) is 0 Å². The normalized spacial score (nSPS) is 29.6. The van der Waals surface area contributed by atoms with Gasteiger partial charge in [-0.2, -0.15) is 13.2 Å². The van der Waals surface area contributed by atoms with Gasteiger partial charge in [-0.1, -0.05) is 6.08 Å². The Morgan fingerprint density at radius 2 is 2.20 bits per heavy atom.